The molecule has 4 nitrogen and oxygen atoms in total. The van der Waals surface area contributed by atoms with Crippen LogP contribution in [0.5, 0.6) is 0 Å². The predicted octanol–water partition coefficient (Wildman–Crippen LogP) is 1.51. The SMILES string of the molecule is NCC1CCN(CC(=O)Nc2cccc(I)c2)C1. The molecule has 5 heteroatoms. The standard InChI is InChI=1S/C13H18IN3O/c14-11-2-1-3-12(6-11)16-13(18)9-17-5-4-10(7-15)8-17/h1-3,6,10H,4-5,7-9,15H2,(H,16,18). The predicted molar refractivity (Wildman–Crippen MR) is 81.4 cm³/mol. The molecule has 3 N–H and O–H groups in total. The lowest BCUT2D eigenvalue weighted by Gasteiger charge is -2.15. The van der Waals surface area contributed by atoms with Crippen molar-refractivity contribution >= 4 is 34.2 Å². The smallest absolute Gasteiger partial charge is 0.238 e. The molecule has 1 unspecified atom stereocenters. The van der Waals surface area contributed by atoms with Crippen LogP contribution in [0.25, 0.3) is 0 Å². The van der Waals surface area contributed by atoms with E-state index in [4.69, 9.17) is 5.73 Å². The number of carbonyl (C=O) groups is 1. The summed E-state index contributed by atoms with van der Waals surface area (Å²) in [5, 5.41) is 2.93. The van der Waals surface area contributed by atoms with Crippen molar-refractivity contribution in [2.24, 2.45) is 11.7 Å². The van der Waals surface area contributed by atoms with Crippen LogP contribution < -0.4 is 11.1 Å². The van der Waals surface area contributed by atoms with Crippen LogP contribution in [0, 0.1) is 9.49 Å². The monoisotopic (exact) mass is 359 g/mol. The fraction of sp³-hybridized carbons (Fsp3) is 0.462. The number of amides is 1. The molecule has 1 aromatic rings. The van der Waals surface area contributed by atoms with Gasteiger partial charge in [0.15, 0.2) is 0 Å². The Kier molecular flexibility index (Phi) is 4.96. The maximum absolute atomic E-state index is 11.9. The summed E-state index contributed by atoms with van der Waals surface area (Å²) < 4.78 is 1.12. The molecule has 1 aliphatic heterocycles. The zero-order chi connectivity index (χ0) is 13.0. The molecule has 1 fully saturated rings. The number of hydrogen-bond acceptors (Lipinski definition) is 3. The average molecular weight is 359 g/mol. The molecule has 0 bridgehead atoms. The highest BCUT2D eigenvalue weighted by Crippen LogP contribution is 2.15. The van der Waals surface area contributed by atoms with Crippen LogP contribution in [0.4, 0.5) is 5.69 Å². The Morgan fingerprint density at radius 2 is 2.39 bits per heavy atom. The Morgan fingerprint density at radius 3 is 3.06 bits per heavy atom. The molecule has 18 heavy (non-hydrogen) atoms. The molecule has 0 aliphatic carbocycles. The van der Waals surface area contributed by atoms with Crippen LogP contribution in [-0.4, -0.2) is 37.0 Å². The minimum absolute atomic E-state index is 0.0506. The van der Waals surface area contributed by atoms with Crippen molar-refractivity contribution in [3.63, 3.8) is 0 Å². The first-order valence-corrected chi connectivity index (χ1v) is 7.23. The second kappa shape index (κ2) is 6.49. The van der Waals surface area contributed by atoms with Crippen molar-refractivity contribution in [2.75, 3.05) is 31.5 Å². The molecule has 1 heterocycles. The molecular weight excluding hydrogens is 341 g/mol. The van der Waals surface area contributed by atoms with Gasteiger partial charge in [0.05, 0.1) is 6.54 Å². The summed E-state index contributed by atoms with van der Waals surface area (Å²) in [6.45, 7) is 3.09. The van der Waals surface area contributed by atoms with Gasteiger partial charge in [0.1, 0.15) is 0 Å². The minimum atomic E-state index is 0.0506. The Morgan fingerprint density at radius 1 is 1.56 bits per heavy atom. The molecular formula is C13H18IN3O. The number of carbonyl (C=O) groups excluding carboxylic acids is 1. The van der Waals surface area contributed by atoms with E-state index in [1.54, 1.807) is 0 Å². The van der Waals surface area contributed by atoms with E-state index in [-0.39, 0.29) is 5.91 Å². The molecule has 98 valence electrons. The van der Waals surface area contributed by atoms with Crippen molar-refractivity contribution in [2.45, 2.75) is 6.42 Å². The van der Waals surface area contributed by atoms with E-state index in [9.17, 15) is 4.79 Å². The van der Waals surface area contributed by atoms with Gasteiger partial charge in [-0.3, -0.25) is 9.69 Å². The zero-order valence-corrected chi connectivity index (χ0v) is 12.4. The Labute approximate surface area is 121 Å². The van der Waals surface area contributed by atoms with E-state index in [0.29, 0.717) is 12.5 Å². The second-order valence-electron chi connectivity index (χ2n) is 4.68. The number of rotatable bonds is 4. The normalized spacial score (nSPS) is 20.0. The van der Waals surface area contributed by atoms with Crippen molar-refractivity contribution in [1.29, 1.82) is 0 Å². The number of benzene rings is 1. The topological polar surface area (TPSA) is 58.4 Å². The van der Waals surface area contributed by atoms with Gasteiger partial charge in [-0.1, -0.05) is 6.07 Å². The average Bonchev–Trinajstić information content (AvgIpc) is 2.76. The lowest BCUT2D eigenvalue weighted by atomic mass is 10.1. The summed E-state index contributed by atoms with van der Waals surface area (Å²) in [5.74, 6) is 0.602. The van der Waals surface area contributed by atoms with E-state index in [1.165, 1.54) is 0 Å². The van der Waals surface area contributed by atoms with Crippen LogP contribution in [0.2, 0.25) is 0 Å². The highest BCUT2D eigenvalue weighted by atomic mass is 127. The third-order valence-corrected chi connectivity index (χ3v) is 3.85. The van der Waals surface area contributed by atoms with Gasteiger partial charge >= 0.3 is 0 Å². The Bertz CT molecular complexity index is 424. The molecule has 0 radical (unpaired) electrons. The maximum atomic E-state index is 11.9. The molecule has 0 aromatic heterocycles. The van der Waals surface area contributed by atoms with Gasteiger partial charge < -0.3 is 11.1 Å². The van der Waals surface area contributed by atoms with Gasteiger partial charge in [0.2, 0.25) is 5.91 Å². The van der Waals surface area contributed by atoms with Crippen molar-refractivity contribution in [3.8, 4) is 0 Å². The summed E-state index contributed by atoms with van der Waals surface area (Å²) in [5.41, 5.74) is 6.50. The number of halogens is 1. The van der Waals surface area contributed by atoms with Gasteiger partial charge in [-0.15, -0.1) is 0 Å². The summed E-state index contributed by atoms with van der Waals surface area (Å²) in [6, 6.07) is 7.82. The molecule has 1 aliphatic rings. The van der Waals surface area contributed by atoms with Crippen molar-refractivity contribution in [3.05, 3.63) is 27.8 Å². The van der Waals surface area contributed by atoms with Crippen molar-refractivity contribution in [1.82, 2.24) is 4.90 Å². The summed E-state index contributed by atoms with van der Waals surface area (Å²) >= 11 is 2.23. The van der Waals surface area contributed by atoms with Gasteiger partial charge in [0.25, 0.3) is 0 Å². The van der Waals surface area contributed by atoms with E-state index in [1.807, 2.05) is 24.3 Å². The molecule has 1 amide bonds. The van der Waals surface area contributed by atoms with Crippen LogP contribution >= 0.6 is 22.6 Å². The van der Waals surface area contributed by atoms with Crippen molar-refractivity contribution < 1.29 is 4.79 Å². The van der Waals surface area contributed by atoms with Crippen LogP contribution in [0.3, 0.4) is 0 Å². The number of hydrogen-bond donors (Lipinski definition) is 2. The molecule has 0 saturated carbocycles. The highest BCUT2D eigenvalue weighted by Gasteiger charge is 2.22. The molecule has 1 aromatic carbocycles. The fourth-order valence-corrected chi connectivity index (χ4v) is 2.76. The Balaban J connectivity index is 1.82. The number of nitrogens with one attached hydrogen (secondary N) is 1. The van der Waals surface area contributed by atoms with Gasteiger partial charge in [-0.05, 0) is 66.2 Å². The summed E-state index contributed by atoms with van der Waals surface area (Å²) in [7, 11) is 0. The zero-order valence-electron chi connectivity index (χ0n) is 10.2. The second-order valence-corrected chi connectivity index (χ2v) is 5.93. The third-order valence-electron chi connectivity index (χ3n) is 3.18. The van der Waals surface area contributed by atoms with E-state index < -0.39 is 0 Å². The first-order valence-electron chi connectivity index (χ1n) is 6.15. The molecule has 0 spiro atoms. The quantitative estimate of drug-likeness (QED) is 0.802. The first-order chi connectivity index (χ1) is 8.67. The van der Waals surface area contributed by atoms with Gasteiger partial charge in [-0.25, -0.2) is 0 Å². The lowest BCUT2D eigenvalue weighted by Crippen LogP contribution is -2.32. The van der Waals surface area contributed by atoms with Crippen LogP contribution in [-0.2, 0) is 4.79 Å². The molecule has 2 rings (SSSR count). The Hall–Kier alpha value is -0.660. The van der Waals surface area contributed by atoms with E-state index in [2.05, 4.69) is 32.8 Å². The molecule has 1 atom stereocenters. The minimum Gasteiger partial charge on any atom is -0.330 e. The number of nitrogens with zero attached hydrogens (tertiary/aromatic N) is 1. The molecule has 1 saturated heterocycles. The van der Waals surface area contributed by atoms with Gasteiger partial charge in [0, 0.05) is 15.8 Å². The van der Waals surface area contributed by atoms with Crippen LogP contribution in [0.15, 0.2) is 24.3 Å². The number of anilines is 1. The summed E-state index contributed by atoms with van der Waals surface area (Å²) in [6.07, 6.45) is 1.10. The maximum Gasteiger partial charge on any atom is 0.238 e. The third kappa shape index (κ3) is 3.93. The van der Waals surface area contributed by atoms with E-state index >= 15 is 0 Å². The van der Waals surface area contributed by atoms with Crippen LogP contribution in [0.1, 0.15) is 6.42 Å². The number of nitrogens with two attached hydrogens (primary N) is 1. The van der Waals surface area contributed by atoms with E-state index in [0.717, 1.165) is 35.3 Å². The first kappa shape index (κ1) is 13.8. The lowest BCUT2D eigenvalue weighted by molar-refractivity contribution is -0.117. The summed E-state index contributed by atoms with van der Waals surface area (Å²) in [4.78, 5) is 14.1. The largest absolute Gasteiger partial charge is 0.330 e. The van der Waals surface area contributed by atoms with Gasteiger partial charge in [-0.2, -0.15) is 0 Å². The highest BCUT2D eigenvalue weighted by molar-refractivity contribution is 14.1. The number of likely N-dealkylation sites (tertiary alicyclic amines) is 1. The fourth-order valence-electron chi connectivity index (χ4n) is 2.22.